The Bertz CT molecular complexity index is 824. The molecule has 3 saturated heterocycles. The highest BCUT2D eigenvalue weighted by Crippen LogP contribution is 2.26. The van der Waals surface area contributed by atoms with Crippen LogP contribution in [0.4, 0.5) is 0 Å². The van der Waals surface area contributed by atoms with Crippen molar-refractivity contribution in [2.75, 3.05) is 59.4 Å². The van der Waals surface area contributed by atoms with Crippen molar-refractivity contribution < 1.29 is 13.2 Å². The van der Waals surface area contributed by atoms with Crippen molar-refractivity contribution >= 4 is 15.9 Å². The van der Waals surface area contributed by atoms with Crippen molar-refractivity contribution in [1.82, 2.24) is 19.0 Å². The molecular weight excluding hydrogens is 400 g/mol. The highest BCUT2D eigenvalue weighted by Gasteiger charge is 2.36. The first-order valence-corrected chi connectivity index (χ1v) is 12.7. The summed E-state index contributed by atoms with van der Waals surface area (Å²) >= 11 is 0. The fraction of sp³-hybridized carbons (Fsp3) is 0.682. The fourth-order valence-electron chi connectivity index (χ4n) is 5.11. The third-order valence-corrected chi connectivity index (χ3v) is 8.74. The van der Waals surface area contributed by atoms with Gasteiger partial charge in [0.05, 0.1) is 10.8 Å². The molecule has 3 heterocycles. The van der Waals surface area contributed by atoms with Crippen LogP contribution in [-0.2, 0) is 14.8 Å². The number of likely N-dealkylation sites (tertiary alicyclic amines) is 1. The molecule has 0 radical (unpaired) electrons. The molecule has 3 aliphatic heterocycles. The lowest BCUT2D eigenvalue weighted by Crippen LogP contribution is -2.57. The molecule has 0 aromatic heterocycles. The molecular formula is C22H34N4O3S. The summed E-state index contributed by atoms with van der Waals surface area (Å²) in [4.78, 5) is 20.4. The zero-order valence-electron chi connectivity index (χ0n) is 17.9. The Hall–Kier alpha value is -1.48. The van der Waals surface area contributed by atoms with E-state index in [4.69, 9.17) is 0 Å². The molecule has 8 heteroatoms. The van der Waals surface area contributed by atoms with Gasteiger partial charge in [0.1, 0.15) is 0 Å². The average Bonchev–Trinajstić information content (AvgIpc) is 2.79. The zero-order chi connectivity index (χ0) is 21.1. The number of piperidine rings is 2. The molecule has 0 saturated carbocycles. The van der Waals surface area contributed by atoms with E-state index in [2.05, 4.69) is 16.8 Å². The normalized spacial score (nSPS) is 27.8. The first kappa shape index (κ1) is 21.7. The van der Waals surface area contributed by atoms with Gasteiger partial charge in [-0.15, -0.1) is 0 Å². The van der Waals surface area contributed by atoms with Crippen LogP contribution in [-0.4, -0.2) is 98.8 Å². The Morgan fingerprint density at radius 3 is 2.30 bits per heavy atom. The number of benzene rings is 1. The topological polar surface area (TPSA) is 64.2 Å². The second-order valence-electron chi connectivity index (χ2n) is 8.93. The van der Waals surface area contributed by atoms with Gasteiger partial charge in [-0.1, -0.05) is 18.2 Å². The summed E-state index contributed by atoms with van der Waals surface area (Å²) in [6.07, 6.45) is 3.99. The Balaban J connectivity index is 1.34. The minimum Gasteiger partial charge on any atom is -0.340 e. The Kier molecular flexibility index (Phi) is 6.77. The lowest BCUT2D eigenvalue weighted by molar-refractivity contribution is -0.139. The van der Waals surface area contributed by atoms with Gasteiger partial charge in [-0.2, -0.15) is 4.31 Å². The minimum absolute atomic E-state index is 0.128. The molecule has 0 spiro atoms. The number of rotatable bonds is 4. The SMILES string of the molecule is CN1CCCC(N2CCN(C(=O)C3CCCN(S(=O)(=O)c4ccccc4)C3)CC2)C1. The van der Waals surface area contributed by atoms with Crippen LogP contribution in [0.25, 0.3) is 0 Å². The molecule has 3 aliphatic rings. The van der Waals surface area contributed by atoms with E-state index in [-0.39, 0.29) is 11.8 Å². The fourth-order valence-corrected chi connectivity index (χ4v) is 6.65. The van der Waals surface area contributed by atoms with Gasteiger partial charge < -0.3 is 9.80 Å². The first-order chi connectivity index (χ1) is 14.4. The van der Waals surface area contributed by atoms with Crippen molar-refractivity contribution in [2.24, 2.45) is 5.92 Å². The highest BCUT2D eigenvalue weighted by atomic mass is 32.2. The number of piperazine rings is 1. The van der Waals surface area contributed by atoms with Crippen LogP contribution in [0.5, 0.6) is 0 Å². The van der Waals surface area contributed by atoms with Gasteiger partial charge in [0.15, 0.2) is 0 Å². The van der Waals surface area contributed by atoms with E-state index < -0.39 is 10.0 Å². The van der Waals surface area contributed by atoms with E-state index in [1.54, 1.807) is 24.3 Å². The average molecular weight is 435 g/mol. The highest BCUT2D eigenvalue weighted by molar-refractivity contribution is 7.89. The van der Waals surface area contributed by atoms with Gasteiger partial charge in [0, 0.05) is 51.9 Å². The van der Waals surface area contributed by atoms with E-state index in [1.807, 2.05) is 11.0 Å². The maximum atomic E-state index is 13.2. The monoisotopic (exact) mass is 434 g/mol. The number of likely N-dealkylation sites (N-methyl/N-ethyl adjacent to an activating group) is 1. The summed E-state index contributed by atoms with van der Waals surface area (Å²) in [6.45, 7) is 6.42. The Morgan fingerprint density at radius 2 is 1.60 bits per heavy atom. The van der Waals surface area contributed by atoms with Crippen LogP contribution >= 0.6 is 0 Å². The van der Waals surface area contributed by atoms with Gasteiger partial charge in [0.2, 0.25) is 15.9 Å². The number of amides is 1. The molecule has 1 amide bonds. The summed E-state index contributed by atoms with van der Waals surface area (Å²) in [5.41, 5.74) is 0. The molecule has 1 aromatic rings. The first-order valence-electron chi connectivity index (χ1n) is 11.2. The second-order valence-corrected chi connectivity index (χ2v) is 10.9. The van der Waals surface area contributed by atoms with Gasteiger partial charge in [-0.05, 0) is 51.4 Å². The summed E-state index contributed by atoms with van der Waals surface area (Å²) in [5.74, 6) is -0.104. The number of carbonyl (C=O) groups excluding carboxylic acids is 1. The lowest BCUT2D eigenvalue weighted by atomic mass is 9.97. The number of hydrogen-bond donors (Lipinski definition) is 0. The van der Waals surface area contributed by atoms with E-state index in [0.717, 1.165) is 45.6 Å². The summed E-state index contributed by atoms with van der Waals surface area (Å²) in [6, 6.07) is 9.14. The van der Waals surface area contributed by atoms with E-state index in [0.29, 0.717) is 24.0 Å². The number of hydrogen-bond acceptors (Lipinski definition) is 5. The molecule has 3 fully saturated rings. The lowest BCUT2D eigenvalue weighted by Gasteiger charge is -2.43. The molecule has 4 rings (SSSR count). The van der Waals surface area contributed by atoms with E-state index in [9.17, 15) is 13.2 Å². The van der Waals surface area contributed by atoms with Crippen molar-refractivity contribution in [1.29, 1.82) is 0 Å². The molecule has 0 aliphatic carbocycles. The van der Waals surface area contributed by atoms with Crippen LogP contribution in [0, 0.1) is 5.92 Å². The smallest absolute Gasteiger partial charge is 0.243 e. The van der Waals surface area contributed by atoms with E-state index in [1.165, 1.54) is 23.7 Å². The second kappa shape index (κ2) is 9.34. The molecule has 7 nitrogen and oxygen atoms in total. The largest absolute Gasteiger partial charge is 0.340 e. The Morgan fingerprint density at radius 1 is 0.900 bits per heavy atom. The van der Waals surface area contributed by atoms with Crippen LogP contribution in [0.15, 0.2) is 35.2 Å². The van der Waals surface area contributed by atoms with Crippen LogP contribution in [0.3, 0.4) is 0 Å². The van der Waals surface area contributed by atoms with E-state index >= 15 is 0 Å². The van der Waals surface area contributed by atoms with Crippen LogP contribution in [0.2, 0.25) is 0 Å². The third-order valence-electron chi connectivity index (χ3n) is 6.86. The summed E-state index contributed by atoms with van der Waals surface area (Å²) in [5, 5.41) is 0. The number of carbonyl (C=O) groups is 1. The van der Waals surface area contributed by atoms with Crippen molar-refractivity contribution in [3.63, 3.8) is 0 Å². The molecule has 1 aromatic carbocycles. The van der Waals surface area contributed by atoms with Gasteiger partial charge in [-0.25, -0.2) is 8.42 Å². The third kappa shape index (κ3) is 4.72. The minimum atomic E-state index is -3.54. The maximum absolute atomic E-state index is 13.2. The molecule has 2 unspecified atom stereocenters. The molecule has 0 bridgehead atoms. The van der Waals surface area contributed by atoms with Crippen LogP contribution < -0.4 is 0 Å². The van der Waals surface area contributed by atoms with Crippen LogP contribution in [0.1, 0.15) is 25.7 Å². The predicted octanol–water partition coefficient (Wildman–Crippen LogP) is 1.33. The van der Waals surface area contributed by atoms with Crippen molar-refractivity contribution in [3.05, 3.63) is 30.3 Å². The quantitative estimate of drug-likeness (QED) is 0.715. The summed E-state index contributed by atoms with van der Waals surface area (Å²) < 4.78 is 27.4. The summed E-state index contributed by atoms with van der Waals surface area (Å²) in [7, 11) is -1.35. The number of nitrogens with zero attached hydrogens (tertiary/aromatic N) is 4. The molecule has 2 atom stereocenters. The maximum Gasteiger partial charge on any atom is 0.243 e. The molecule has 30 heavy (non-hydrogen) atoms. The van der Waals surface area contributed by atoms with Crippen molar-refractivity contribution in [2.45, 2.75) is 36.6 Å². The van der Waals surface area contributed by atoms with Crippen molar-refractivity contribution in [3.8, 4) is 0 Å². The predicted molar refractivity (Wildman–Crippen MR) is 117 cm³/mol. The zero-order valence-corrected chi connectivity index (χ0v) is 18.8. The molecule has 0 N–H and O–H groups in total. The Labute approximate surface area is 180 Å². The van der Waals surface area contributed by atoms with Gasteiger partial charge in [0.25, 0.3) is 0 Å². The standard InChI is InChI=1S/C22H34N4O3S/c1-23-11-6-8-20(18-23)24-13-15-25(16-14-24)22(27)19-7-5-12-26(17-19)30(28,29)21-9-3-2-4-10-21/h2-4,9-10,19-20H,5-8,11-18H2,1H3. The number of sulfonamides is 1. The van der Waals surface area contributed by atoms with Gasteiger partial charge >= 0.3 is 0 Å². The van der Waals surface area contributed by atoms with Gasteiger partial charge in [-0.3, -0.25) is 9.69 Å². The molecule has 166 valence electrons.